The van der Waals surface area contributed by atoms with Gasteiger partial charge in [-0.05, 0) is 67.5 Å². The van der Waals surface area contributed by atoms with E-state index in [0.29, 0.717) is 30.3 Å². The summed E-state index contributed by atoms with van der Waals surface area (Å²) in [4.78, 5) is 17.5. The van der Waals surface area contributed by atoms with Gasteiger partial charge in [-0.3, -0.25) is 14.4 Å². The minimum atomic E-state index is -3.79. The molecule has 0 unspecified atom stereocenters. The van der Waals surface area contributed by atoms with E-state index < -0.39 is 10.0 Å². The first kappa shape index (κ1) is 25.7. The number of sulfonamides is 1. The summed E-state index contributed by atoms with van der Waals surface area (Å²) >= 11 is 0. The maximum atomic E-state index is 13.1. The second-order valence-electron chi connectivity index (χ2n) is 9.58. The fraction of sp³-hybridized carbons (Fsp3) is 0.519. The molecule has 2 aromatic rings. The van der Waals surface area contributed by atoms with Crippen LogP contribution in [0.4, 0.5) is 5.69 Å². The predicted octanol–water partition coefficient (Wildman–Crippen LogP) is 4.01. The summed E-state index contributed by atoms with van der Waals surface area (Å²) in [7, 11) is -3.79. The number of ether oxygens (including phenoxy) is 1. The maximum absolute atomic E-state index is 13.1. The number of anilines is 1. The Labute approximate surface area is 209 Å². The molecule has 190 valence electrons. The number of piperidine rings is 1. The first-order chi connectivity index (χ1) is 16.9. The topological polar surface area (TPSA) is 79.0 Å². The molecule has 1 N–H and O–H groups in total. The van der Waals surface area contributed by atoms with Gasteiger partial charge < -0.3 is 9.64 Å². The molecule has 2 heterocycles. The molecule has 1 amide bonds. The van der Waals surface area contributed by atoms with Crippen molar-refractivity contribution in [3.63, 3.8) is 0 Å². The molecule has 2 saturated heterocycles. The Bertz CT molecular complexity index is 1070. The summed E-state index contributed by atoms with van der Waals surface area (Å²) < 4.78 is 34.1. The molecule has 0 saturated carbocycles. The van der Waals surface area contributed by atoms with Crippen molar-refractivity contribution in [1.82, 2.24) is 9.80 Å². The molecule has 2 aromatic carbocycles. The number of likely N-dealkylation sites (tertiary alicyclic amines) is 1. The zero-order valence-corrected chi connectivity index (χ0v) is 21.4. The normalized spacial score (nSPS) is 17.9. The van der Waals surface area contributed by atoms with Gasteiger partial charge in [-0.2, -0.15) is 0 Å². The molecule has 0 aromatic heterocycles. The number of aryl methyl sites for hydroxylation is 1. The van der Waals surface area contributed by atoms with Crippen LogP contribution in [0.1, 0.15) is 48.5 Å². The quantitative estimate of drug-likeness (QED) is 0.564. The molecule has 0 atom stereocenters. The van der Waals surface area contributed by atoms with Crippen LogP contribution in [0.3, 0.4) is 0 Å². The smallest absolute Gasteiger partial charge is 0.261 e. The first-order valence-electron chi connectivity index (χ1n) is 12.8. The van der Waals surface area contributed by atoms with Crippen LogP contribution < -0.4 is 4.72 Å². The Morgan fingerprint density at radius 2 is 1.74 bits per heavy atom. The third kappa shape index (κ3) is 7.06. The Balaban J connectivity index is 1.35. The van der Waals surface area contributed by atoms with Crippen molar-refractivity contribution in [2.24, 2.45) is 5.92 Å². The van der Waals surface area contributed by atoms with Gasteiger partial charge in [0.25, 0.3) is 15.9 Å². The molecular formula is C27H37N3O4S. The van der Waals surface area contributed by atoms with Crippen molar-refractivity contribution in [3.05, 3.63) is 59.7 Å². The van der Waals surface area contributed by atoms with Gasteiger partial charge >= 0.3 is 0 Å². The number of rotatable bonds is 9. The molecule has 0 radical (unpaired) electrons. The molecule has 4 rings (SSSR count). The third-order valence-corrected chi connectivity index (χ3v) is 8.32. The number of nitrogens with one attached hydrogen (secondary N) is 1. The third-order valence-electron chi connectivity index (χ3n) is 6.94. The van der Waals surface area contributed by atoms with Gasteiger partial charge in [0.2, 0.25) is 0 Å². The zero-order chi connectivity index (χ0) is 24.7. The fourth-order valence-corrected chi connectivity index (χ4v) is 5.88. The number of carbonyl (C=O) groups is 1. The van der Waals surface area contributed by atoms with E-state index in [1.807, 2.05) is 17.0 Å². The highest BCUT2D eigenvalue weighted by atomic mass is 32.2. The van der Waals surface area contributed by atoms with Gasteiger partial charge in [-0.25, -0.2) is 8.42 Å². The number of nitrogens with zero attached hydrogens (tertiary/aromatic N) is 2. The van der Waals surface area contributed by atoms with Crippen LogP contribution in [0.2, 0.25) is 0 Å². The number of hydrogen-bond acceptors (Lipinski definition) is 5. The van der Waals surface area contributed by atoms with Crippen LogP contribution in [0.5, 0.6) is 0 Å². The molecule has 8 heteroatoms. The number of morpholine rings is 1. The van der Waals surface area contributed by atoms with Crippen LogP contribution in [-0.2, 0) is 21.2 Å². The molecule has 7 nitrogen and oxygen atoms in total. The van der Waals surface area contributed by atoms with E-state index in [0.717, 1.165) is 65.0 Å². The van der Waals surface area contributed by atoms with Crippen molar-refractivity contribution in [2.75, 3.05) is 50.7 Å². The lowest BCUT2D eigenvalue weighted by Gasteiger charge is -2.36. The largest absolute Gasteiger partial charge is 0.379 e. The van der Waals surface area contributed by atoms with E-state index >= 15 is 0 Å². The molecule has 2 aliphatic rings. The average Bonchev–Trinajstić information content (AvgIpc) is 2.89. The van der Waals surface area contributed by atoms with Crippen molar-refractivity contribution >= 4 is 21.6 Å². The maximum Gasteiger partial charge on any atom is 0.261 e. The standard InChI is InChI=1S/C27H37N3O4S/c1-2-3-5-22-8-10-25(11-9-22)28-35(32,33)26-7-4-6-24(20-26)27(31)30-14-12-23(13-15-30)21-29-16-18-34-19-17-29/h4,6-11,20,23,28H,2-3,5,12-19,21H2,1H3. The Morgan fingerprint density at radius 3 is 2.43 bits per heavy atom. The lowest BCUT2D eigenvalue weighted by molar-refractivity contribution is 0.0243. The SMILES string of the molecule is CCCCc1ccc(NS(=O)(=O)c2cccc(C(=O)N3CCC(CN4CCOCC4)CC3)c2)cc1. The average molecular weight is 500 g/mol. The fourth-order valence-electron chi connectivity index (χ4n) is 4.78. The van der Waals surface area contributed by atoms with Crippen LogP contribution in [0.15, 0.2) is 53.4 Å². The Kier molecular flexibility index (Phi) is 8.81. The van der Waals surface area contributed by atoms with Gasteiger partial charge in [-0.15, -0.1) is 0 Å². The minimum absolute atomic E-state index is 0.0978. The van der Waals surface area contributed by atoms with Crippen LogP contribution in [0.25, 0.3) is 0 Å². The number of benzene rings is 2. The molecule has 2 fully saturated rings. The van der Waals surface area contributed by atoms with Gasteiger partial charge in [0.1, 0.15) is 0 Å². The van der Waals surface area contributed by atoms with Crippen molar-refractivity contribution < 1.29 is 17.9 Å². The molecule has 0 spiro atoms. The second-order valence-corrected chi connectivity index (χ2v) is 11.3. The number of hydrogen-bond donors (Lipinski definition) is 1. The lowest BCUT2D eigenvalue weighted by atomic mass is 9.95. The lowest BCUT2D eigenvalue weighted by Crippen LogP contribution is -2.44. The van der Waals surface area contributed by atoms with E-state index in [1.54, 1.807) is 24.3 Å². The summed E-state index contributed by atoms with van der Waals surface area (Å²) in [6, 6.07) is 13.8. The molecule has 0 bridgehead atoms. The van der Waals surface area contributed by atoms with Crippen molar-refractivity contribution in [3.8, 4) is 0 Å². The summed E-state index contributed by atoms with van der Waals surface area (Å²) in [6.07, 6.45) is 5.15. The number of carbonyl (C=O) groups excluding carboxylic acids is 1. The minimum Gasteiger partial charge on any atom is -0.379 e. The molecule has 0 aliphatic carbocycles. The predicted molar refractivity (Wildman–Crippen MR) is 138 cm³/mol. The van der Waals surface area contributed by atoms with Crippen molar-refractivity contribution in [2.45, 2.75) is 43.9 Å². The highest BCUT2D eigenvalue weighted by Crippen LogP contribution is 2.23. The Morgan fingerprint density at radius 1 is 1.03 bits per heavy atom. The number of amides is 1. The molecular weight excluding hydrogens is 462 g/mol. The molecule has 35 heavy (non-hydrogen) atoms. The Hall–Kier alpha value is -2.42. The summed E-state index contributed by atoms with van der Waals surface area (Å²) in [6.45, 7) is 8.18. The summed E-state index contributed by atoms with van der Waals surface area (Å²) in [5, 5.41) is 0. The second kappa shape index (κ2) is 12.0. The summed E-state index contributed by atoms with van der Waals surface area (Å²) in [5.41, 5.74) is 2.12. The van der Waals surface area contributed by atoms with Crippen LogP contribution >= 0.6 is 0 Å². The van der Waals surface area contributed by atoms with E-state index in [9.17, 15) is 13.2 Å². The van der Waals surface area contributed by atoms with E-state index in [4.69, 9.17) is 4.74 Å². The van der Waals surface area contributed by atoms with Gasteiger partial charge in [0.15, 0.2) is 0 Å². The molecule has 2 aliphatic heterocycles. The summed E-state index contributed by atoms with van der Waals surface area (Å²) in [5.74, 6) is 0.480. The van der Waals surface area contributed by atoms with Crippen LogP contribution in [0, 0.1) is 5.92 Å². The zero-order valence-electron chi connectivity index (χ0n) is 20.6. The van der Waals surface area contributed by atoms with E-state index in [1.165, 1.54) is 17.7 Å². The monoisotopic (exact) mass is 499 g/mol. The first-order valence-corrected chi connectivity index (χ1v) is 14.2. The number of unbranched alkanes of at least 4 members (excludes halogenated alkanes) is 1. The highest BCUT2D eigenvalue weighted by Gasteiger charge is 2.26. The van der Waals surface area contributed by atoms with Crippen molar-refractivity contribution in [1.29, 1.82) is 0 Å². The van der Waals surface area contributed by atoms with Gasteiger partial charge in [0, 0.05) is 44.0 Å². The van der Waals surface area contributed by atoms with Crippen LogP contribution in [-0.4, -0.2) is 70.1 Å². The highest BCUT2D eigenvalue weighted by molar-refractivity contribution is 7.92. The van der Waals surface area contributed by atoms with Gasteiger partial charge in [0.05, 0.1) is 18.1 Å². The van der Waals surface area contributed by atoms with E-state index in [-0.39, 0.29) is 10.8 Å². The van der Waals surface area contributed by atoms with E-state index in [2.05, 4.69) is 16.5 Å². The van der Waals surface area contributed by atoms with Gasteiger partial charge in [-0.1, -0.05) is 31.5 Å².